The van der Waals surface area contributed by atoms with Gasteiger partial charge >= 0.3 is 0 Å². The normalized spacial score (nSPS) is 11.2. The average Bonchev–Trinajstić information content (AvgIpc) is 3.47. The number of hydrogen-bond donors (Lipinski definition) is 0. The maximum Gasteiger partial charge on any atom is 0.160 e. The molecule has 148 valence electrons. The van der Waals surface area contributed by atoms with Crippen LogP contribution in [0, 0.1) is 0 Å². The summed E-state index contributed by atoms with van der Waals surface area (Å²) in [6, 6.07) is 14.4. The molecular weight excluding hydrogens is 416 g/mol. The van der Waals surface area contributed by atoms with Gasteiger partial charge in [0.05, 0.1) is 19.5 Å². The number of rotatable bonds is 9. The summed E-state index contributed by atoms with van der Waals surface area (Å²) in [7, 11) is 0. The number of fused-ring (bicyclic) bond motifs is 1. The van der Waals surface area contributed by atoms with E-state index in [-0.39, 0.29) is 0 Å². The Hall–Kier alpha value is -2.08. The standard InChI is InChI=1S/C24H22O2S3/c1-2-3-4-5-8-16-13-18(15-26)28-22(16)24-20-10-7-6-9-19(20)23(29-24)21-12-11-17(14-25)27-21/h6-7,9-15H,2-5,8H2,1H3. The molecule has 29 heavy (non-hydrogen) atoms. The number of benzene rings is 1. The van der Waals surface area contributed by atoms with E-state index in [0.717, 1.165) is 40.0 Å². The average molecular weight is 439 g/mol. The second-order valence-corrected chi connectivity index (χ2v) is 10.3. The van der Waals surface area contributed by atoms with Crippen molar-refractivity contribution in [1.82, 2.24) is 0 Å². The molecule has 0 amide bonds. The van der Waals surface area contributed by atoms with E-state index in [1.165, 1.54) is 61.6 Å². The molecule has 0 fully saturated rings. The Morgan fingerprint density at radius 3 is 2.21 bits per heavy atom. The van der Waals surface area contributed by atoms with Gasteiger partial charge in [0, 0.05) is 20.5 Å². The first kappa shape index (κ1) is 20.2. The molecule has 5 heteroatoms. The molecule has 0 atom stereocenters. The third-order valence-electron chi connectivity index (χ3n) is 5.04. The maximum absolute atomic E-state index is 11.5. The number of aryl methyl sites for hydroxylation is 1. The van der Waals surface area contributed by atoms with Crippen molar-refractivity contribution < 1.29 is 9.59 Å². The molecule has 3 heterocycles. The fourth-order valence-corrected chi connectivity index (χ4v) is 7.04. The zero-order chi connectivity index (χ0) is 20.2. The second kappa shape index (κ2) is 9.16. The zero-order valence-corrected chi connectivity index (χ0v) is 18.7. The van der Waals surface area contributed by atoms with E-state index in [2.05, 4.69) is 37.3 Å². The van der Waals surface area contributed by atoms with Gasteiger partial charge < -0.3 is 0 Å². The van der Waals surface area contributed by atoms with Crippen molar-refractivity contribution in [2.24, 2.45) is 0 Å². The minimum absolute atomic E-state index is 0.745. The summed E-state index contributed by atoms with van der Waals surface area (Å²) in [5.41, 5.74) is 1.28. The van der Waals surface area contributed by atoms with Crippen molar-refractivity contribution in [3.63, 3.8) is 0 Å². The molecule has 0 saturated heterocycles. The Balaban J connectivity index is 1.81. The number of unbranched alkanes of at least 4 members (excludes halogenated alkanes) is 3. The molecule has 4 rings (SSSR count). The van der Waals surface area contributed by atoms with Crippen LogP contribution in [0.1, 0.15) is 57.5 Å². The third-order valence-corrected chi connectivity index (χ3v) is 8.72. The van der Waals surface area contributed by atoms with Gasteiger partial charge in [-0.25, -0.2) is 0 Å². The lowest BCUT2D eigenvalue weighted by atomic mass is 10.0. The molecule has 2 nitrogen and oxygen atoms in total. The van der Waals surface area contributed by atoms with Crippen LogP contribution < -0.4 is 0 Å². The van der Waals surface area contributed by atoms with E-state index in [4.69, 9.17) is 0 Å². The highest BCUT2D eigenvalue weighted by Gasteiger charge is 2.19. The van der Waals surface area contributed by atoms with Crippen molar-refractivity contribution in [2.75, 3.05) is 0 Å². The van der Waals surface area contributed by atoms with Crippen LogP contribution in [0.4, 0.5) is 0 Å². The van der Waals surface area contributed by atoms with Crippen molar-refractivity contribution in [3.05, 3.63) is 57.8 Å². The van der Waals surface area contributed by atoms with Crippen LogP contribution in [-0.2, 0) is 6.42 Å². The Morgan fingerprint density at radius 1 is 0.759 bits per heavy atom. The van der Waals surface area contributed by atoms with Gasteiger partial charge in [0.15, 0.2) is 12.6 Å². The van der Waals surface area contributed by atoms with Crippen LogP contribution in [0.2, 0.25) is 0 Å². The lowest BCUT2D eigenvalue weighted by Crippen LogP contribution is -1.85. The fourth-order valence-electron chi connectivity index (χ4n) is 3.61. The summed E-state index contributed by atoms with van der Waals surface area (Å²) >= 11 is 4.90. The van der Waals surface area contributed by atoms with Crippen LogP contribution >= 0.6 is 34.0 Å². The molecule has 0 radical (unpaired) electrons. The lowest BCUT2D eigenvalue weighted by Gasteiger charge is -2.03. The molecule has 0 aliphatic heterocycles. The van der Waals surface area contributed by atoms with E-state index in [1.807, 2.05) is 12.1 Å². The van der Waals surface area contributed by atoms with Gasteiger partial charge in [0.2, 0.25) is 0 Å². The van der Waals surface area contributed by atoms with Crippen LogP contribution in [-0.4, -0.2) is 12.6 Å². The number of thiophene rings is 3. The molecule has 1 aromatic carbocycles. The first-order valence-electron chi connectivity index (χ1n) is 9.90. The van der Waals surface area contributed by atoms with Gasteiger partial charge in [-0.05, 0) is 36.6 Å². The Morgan fingerprint density at radius 2 is 1.52 bits per heavy atom. The maximum atomic E-state index is 11.5. The summed E-state index contributed by atoms with van der Waals surface area (Å²) in [6.45, 7) is 2.22. The van der Waals surface area contributed by atoms with E-state index in [0.29, 0.717) is 0 Å². The largest absolute Gasteiger partial charge is 0.297 e. The van der Waals surface area contributed by atoms with Crippen LogP contribution in [0.25, 0.3) is 30.3 Å². The first-order valence-corrected chi connectivity index (χ1v) is 12.3. The zero-order valence-electron chi connectivity index (χ0n) is 16.3. The topological polar surface area (TPSA) is 34.1 Å². The molecule has 0 aliphatic rings. The van der Waals surface area contributed by atoms with Gasteiger partial charge in [-0.15, -0.1) is 34.0 Å². The van der Waals surface area contributed by atoms with Crippen molar-refractivity contribution >= 4 is 57.4 Å². The van der Waals surface area contributed by atoms with Crippen molar-refractivity contribution in [1.29, 1.82) is 0 Å². The van der Waals surface area contributed by atoms with E-state index in [1.54, 1.807) is 22.7 Å². The Labute approximate surface area is 182 Å². The molecule has 0 aliphatic carbocycles. The molecule has 0 saturated carbocycles. The lowest BCUT2D eigenvalue weighted by molar-refractivity contribution is 0.111. The molecule has 4 aromatic rings. The quantitative estimate of drug-likeness (QED) is 0.195. The SMILES string of the molecule is CCCCCCc1cc(C=O)sc1-c1sc(-c2ccc(C=O)s2)c2ccccc12. The predicted octanol–water partition coefficient (Wildman–Crippen LogP) is 8.11. The number of carbonyl (C=O) groups is 2. The monoisotopic (exact) mass is 438 g/mol. The summed E-state index contributed by atoms with van der Waals surface area (Å²) < 4.78 is 0. The summed E-state index contributed by atoms with van der Waals surface area (Å²) in [6.07, 6.45) is 7.74. The van der Waals surface area contributed by atoms with E-state index >= 15 is 0 Å². The van der Waals surface area contributed by atoms with Crippen molar-refractivity contribution in [3.8, 4) is 19.5 Å². The minimum atomic E-state index is 0.745. The Bertz CT molecular complexity index is 1150. The minimum Gasteiger partial charge on any atom is -0.297 e. The Kier molecular flexibility index (Phi) is 6.38. The molecule has 0 spiro atoms. The highest BCUT2D eigenvalue weighted by atomic mass is 32.1. The number of carbonyl (C=O) groups excluding carboxylic acids is 2. The van der Waals surface area contributed by atoms with Crippen LogP contribution in [0.3, 0.4) is 0 Å². The van der Waals surface area contributed by atoms with Crippen molar-refractivity contribution in [2.45, 2.75) is 39.0 Å². The van der Waals surface area contributed by atoms with Gasteiger partial charge in [0.1, 0.15) is 0 Å². The summed E-state index contributed by atoms with van der Waals surface area (Å²) in [5, 5.41) is 2.44. The van der Waals surface area contributed by atoms with Gasteiger partial charge in [-0.3, -0.25) is 9.59 Å². The van der Waals surface area contributed by atoms with Crippen LogP contribution in [0.15, 0.2) is 42.5 Å². The highest BCUT2D eigenvalue weighted by molar-refractivity contribution is 7.28. The van der Waals surface area contributed by atoms with Gasteiger partial charge in [-0.1, -0.05) is 50.5 Å². The van der Waals surface area contributed by atoms with E-state index < -0.39 is 0 Å². The fraction of sp³-hybridized carbons (Fsp3) is 0.250. The second-order valence-electron chi connectivity index (χ2n) is 7.06. The number of aldehydes is 2. The van der Waals surface area contributed by atoms with Gasteiger partial charge in [0.25, 0.3) is 0 Å². The first-order chi connectivity index (χ1) is 14.2. The van der Waals surface area contributed by atoms with E-state index in [9.17, 15) is 9.59 Å². The smallest absolute Gasteiger partial charge is 0.160 e. The molecule has 0 N–H and O–H groups in total. The third kappa shape index (κ3) is 4.13. The number of hydrogen-bond acceptors (Lipinski definition) is 5. The highest BCUT2D eigenvalue weighted by Crippen LogP contribution is 2.48. The molecule has 0 bridgehead atoms. The predicted molar refractivity (Wildman–Crippen MR) is 127 cm³/mol. The molecular formula is C24H22O2S3. The molecule has 3 aromatic heterocycles. The summed E-state index contributed by atoms with van der Waals surface area (Å²) in [5.74, 6) is 0. The van der Waals surface area contributed by atoms with Gasteiger partial charge in [-0.2, -0.15) is 0 Å². The summed E-state index contributed by atoms with van der Waals surface area (Å²) in [4.78, 5) is 29.0. The van der Waals surface area contributed by atoms with Crippen LogP contribution in [0.5, 0.6) is 0 Å². The molecule has 0 unspecified atom stereocenters.